The summed E-state index contributed by atoms with van der Waals surface area (Å²) in [7, 11) is 0. The quantitative estimate of drug-likeness (QED) is 0.709. The van der Waals surface area contributed by atoms with E-state index in [-0.39, 0.29) is 12.8 Å². The summed E-state index contributed by atoms with van der Waals surface area (Å²) in [4.78, 5) is 1.95. The maximum absolute atomic E-state index is 12.9. The molecule has 0 bridgehead atoms. The molecule has 2 fully saturated rings. The van der Waals surface area contributed by atoms with E-state index in [1.165, 1.54) is 0 Å². The van der Waals surface area contributed by atoms with E-state index in [0.717, 1.165) is 13.0 Å². The van der Waals surface area contributed by atoms with Gasteiger partial charge in [0.05, 0.1) is 5.60 Å². The molecule has 2 heterocycles. The molecule has 2 rings (SSSR count). The van der Waals surface area contributed by atoms with Gasteiger partial charge in [-0.05, 0) is 13.0 Å². The third-order valence-electron chi connectivity index (χ3n) is 3.33. The van der Waals surface area contributed by atoms with E-state index < -0.39 is 11.5 Å². The Morgan fingerprint density at radius 2 is 1.87 bits per heavy atom. The minimum absolute atomic E-state index is 0.0729. The normalized spacial score (nSPS) is 37.0. The second-order valence-corrected chi connectivity index (χ2v) is 4.78. The molecule has 1 atom stereocenters. The van der Waals surface area contributed by atoms with Gasteiger partial charge in [0.15, 0.2) is 0 Å². The smallest absolute Gasteiger partial charge is 0.250 e. The summed E-state index contributed by atoms with van der Waals surface area (Å²) in [5.41, 5.74) is -0.702. The predicted molar refractivity (Wildman–Crippen MR) is 53.1 cm³/mol. The third kappa shape index (κ3) is 2.86. The standard InChI is InChI=1S/C10H18F2N2O/c11-10(12)2-5-14(6-3-10)8-9(15)1-4-13-7-9/h13,15H,1-8H2. The monoisotopic (exact) mass is 220 g/mol. The summed E-state index contributed by atoms with van der Waals surface area (Å²) in [6, 6.07) is 0. The van der Waals surface area contributed by atoms with Crippen LogP contribution in [0.25, 0.3) is 0 Å². The zero-order valence-electron chi connectivity index (χ0n) is 8.81. The number of hydrogen-bond acceptors (Lipinski definition) is 3. The van der Waals surface area contributed by atoms with Gasteiger partial charge >= 0.3 is 0 Å². The van der Waals surface area contributed by atoms with Gasteiger partial charge in [-0.1, -0.05) is 0 Å². The van der Waals surface area contributed by atoms with E-state index >= 15 is 0 Å². The molecule has 2 aliphatic rings. The fourth-order valence-electron chi connectivity index (χ4n) is 2.32. The molecular weight excluding hydrogens is 202 g/mol. The van der Waals surface area contributed by atoms with Crippen LogP contribution in [0.5, 0.6) is 0 Å². The van der Waals surface area contributed by atoms with Crippen molar-refractivity contribution >= 4 is 0 Å². The highest BCUT2D eigenvalue weighted by Crippen LogP contribution is 2.29. The van der Waals surface area contributed by atoms with Gasteiger partial charge in [0, 0.05) is 39.0 Å². The molecule has 0 spiro atoms. The van der Waals surface area contributed by atoms with Gasteiger partial charge < -0.3 is 10.4 Å². The van der Waals surface area contributed by atoms with Crippen LogP contribution in [0.4, 0.5) is 8.78 Å². The largest absolute Gasteiger partial charge is 0.387 e. The first-order chi connectivity index (χ1) is 6.99. The van der Waals surface area contributed by atoms with Crippen molar-refractivity contribution in [2.75, 3.05) is 32.7 Å². The number of piperidine rings is 1. The lowest BCUT2D eigenvalue weighted by Crippen LogP contribution is -2.49. The molecule has 88 valence electrons. The average molecular weight is 220 g/mol. The van der Waals surface area contributed by atoms with Crippen molar-refractivity contribution in [3.05, 3.63) is 0 Å². The number of nitrogens with zero attached hydrogens (tertiary/aromatic N) is 1. The number of nitrogens with one attached hydrogen (secondary N) is 1. The van der Waals surface area contributed by atoms with Crippen molar-refractivity contribution in [2.24, 2.45) is 0 Å². The minimum Gasteiger partial charge on any atom is -0.387 e. The van der Waals surface area contributed by atoms with Crippen molar-refractivity contribution in [3.63, 3.8) is 0 Å². The number of likely N-dealkylation sites (tertiary alicyclic amines) is 1. The van der Waals surface area contributed by atoms with Gasteiger partial charge in [-0.3, -0.25) is 4.90 Å². The first-order valence-corrected chi connectivity index (χ1v) is 5.53. The van der Waals surface area contributed by atoms with E-state index in [1.54, 1.807) is 0 Å². The Bertz CT molecular complexity index is 219. The fourth-order valence-corrected chi connectivity index (χ4v) is 2.32. The van der Waals surface area contributed by atoms with E-state index in [0.29, 0.717) is 26.2 Å². The Morgan fingerprint density at radius 3 is 2.40 bits per heavy atom. The molecule has 0 amide bonds. The molecule has 0 aromatic carbocycles. The Labute approximate surface area is 88.4 Å². The van der Waals surface area contributed by atoms with Crippen LogP contribution in [0, 0.1) is 0 Å². The molecule has 1 unspecified atom stereocenters. The number of alkyl halides is 2. The topological polar surface area (TPSA) is 35.5 Å². The highest BCUT2D eigenvalue weighted by atomic mass is 19.3. The summed E-state index contributed by atoms with van der Waals surface area (Å²) in [5.74, 6) is -2.49. The van der Waals surface area contributed by atoms with Crippen LogP contribution in [-0.4, -0.2) is 54.3 Å². The van der Waals surface area contributed by atoms with Gasteiger partial charge in [-0.2, -0.15) is 0 Å². The summed E-state index contributed by atoms with van der Waals surface area (Å²) in [6.07, 6.45) is 0.576. The lowest BCUT2D eigenvalue weighted by atomic mass is 10.00. The number of β-amino-alcohol motifs (C(OH)–C–C–N with tert-alkyl or cyclic N) is 1. The molecule has 2 aliphatic heterocycles. The molecule has 0 radical (unpaired) electrons. The van der Waals surface area contributed by atoms with Crippen LogP contribution in [0.15, 0.2) is 0 Å². The third-order valence-corrected chi connectivity index (χ3v) is 3.33. The molecule has 3 nitrogen and oxygen atoms in total. The average Bonchev–Trinajstić information content (AvgIpc) is 2.57. The number of hydrogen-bond donors (Lipinski definition) is 2. The lowest BCUT2D eigenvalue weighted by molar-refractivity contribution is -0.0710. The molecule has 0 aromatic rings. The summed E-state index contributed by atoms with van der Waals surface area (Å²) >= 11 is 0. The van der Waals surface area contributed by atoms with Crippen LogP contribution < -0.4 is 5.32 Å². The van der Waals surface area contributed by atoms with Crippen LogP contribution in [0.3, 0.4) is 0 Å². The Kier molecular flexibility index (Phi) is 2.96. The van der Waals surface area contributed by atoms with Crippen molar-refractivity contribution in [1.82, 2.24) is 10.2 Å². The molecule has 0 saturated carbocycles. The molecular formula is C10H18F2N2O. The second-order valence-electron chi connectivity index (χ2n) is 4.78. The van der Waals surface area contributed by atoms with Crippen LogP contribution >= 0.6 is 0 Å². The predicted octanol–water partition coefficient (Wildman–Crippen LogP) is 0.442. The summed E-state index contributed by atoms with van der Waals surface area (Å²) < 4.78 is 25.8. The van der Waals surface area contributed by atoms with Gasteiger partial charge in [0.1, 0.15) is 0 Å². The zero-order valence-corrected chi connectivity index (χ0v) is 8.81. The number of halogens is 2. The van der Waals surface area contributed by atoms with E-state index in [4.69, 9.17) is 0 Å². The van der Waals surface area contributed by atoms with Crippen molar-refractivity contribution in [1.29, 1.82) is 0 Å². The molecule has 2 saturated heterocycles. The van der Waals surface area contributed by atoms with Gasteiger partial charge in [-0.25, -0.2) is 8.78 Å². The Hall–Kier alpha value is -0.260. The van der Waals surface area contributed by atoms with Gasteiger partial charge in [-0.15, -0.1) is 0 Å². The van der Waals surface area contributed by atoms with E-state index in [1.807, 2.05) is 4.90 Å². The Morgan fingerprint density at radius 1 is 1.20 bits per heavy atom. The zero-order chi connectivity index (χ0) is 10.9. The summed E-state index contributed by atoms with van der Waals surface area (Å²) in [5, 5.41) is 13.2. The van der Waals surface area contributed by atoms with Crippen molar-refractivity contribution < 1.29 is 13.9 Å². The minimum atomic E-state index is -2.49. The highest BCUT2D eigenvalue weighted by Gasteiger charge is 2.38. The molecule has 5 heteroatoms. The van der Waals surface area contributed by atoms with Crippen molar-refractivity contribution in [3.8, 4) is 0 Å². The molecule has 15 heavy (non-hydrogen) atoms. The Balaban J connectivity index is 1.81. The first-order valence-electron chi connectivity index (χ1n) is 5.53. The van der Waals surface area contributed by atoms with Crippen LogP contribution in [0.1, 0.15) is 19.3 Å². The van der Waals surface area contributed by atoms with Crippen molar-refractivity contribution in [2.45, 2.75) is 30.8 Å². The molecule has 0 aliphatic carbocycles. The molecule has 0 aromatic heterocycles. The van der Waals surface area contributed by atoms with Gasteiger partial charge in [0.2, 0.25) is 0 Å². The number of rotatable bonds is 2. The maximum atomic E-state index is 12.9. The first kappa shape index (κ1) is 11.2. The highest BCUT2D eigenvalue weighted by molar-refractivity contribution is 4.92. The fraction of sp³-hybridized carbons (Fsp3) is 1.00. The SMILES string of the molecule is OC1(CN2CCC(F)(F)CC2)CCNC1. The lowest BCUT2D eigenvalue weighted by Gasteiger charge is -2.36. The van der Waals surface area contributed by atoms with Gasteiger partial charge in [0.25, 0.3) is 5.92 Å². The maximum Gasteiger partial charge on any atom is 0.250 e. The summed E-state index contributed by atoms with van der Waals surface area (Å²) in [6.45, 7) is 2.72. The van der Waals surface area contributed by atoms with Crippen LogP contribution in [-0.2, 0) is 0 Å². The van der Waals surface area contributed by atoms with Crippen LogP contribution in [0.2, 0.25) is 0 Å². The molecule has 2 N–H and O–H groups in total. The second kappa shape index (κ2) is 3.96. The number of aliphatic hydroxyl groups is 1. The van der Waals surface area contributed by atoms with E-state index in [9.17, 15) is 13.9 Å². The van der Waals surface area contributed by atoms with E-state index in [2.05, 4.69) is 5.32 Å².